The Bertz CT molecular complexity index is 154. The zero-order valence-corrected chi connectivity index (χ0v) is 8.51. The quantitative estimate of drug-likeness (QED) is 0.608. The fraction of sp³-hybridized carbons (Fsp3) is 0.857. The van der Waals surface area contributed by atoms with E-state index in [-0.39, 0.29) is 5.60 Å². The van der Waals surface area contributed by atoms with Gasteiger partial charge >= 0.3 is 0 Å². The third kappa shape index (κ3) is 2.44. The van der Waals surface area contributed by atoms with Crippen LogP contribution in [0.4, 0.5) is 0 Å². The first-order chi connectivity index (χ1) is 4.60. The molecular weight excluding hydrogens is 241 g/mol. The maximum atomic E-state index is 5.28. The van der Waals surface area contributed by atoms with Gasteiger partial charge in [0.05, 0.1) is 0 Å². The van der Waals surface area contributed by atoms with Crippen LogP contribution in [0.3, 0.4) is 0 Å². The van der Waals surface area contributed by atoms with Gasteiger partial charge in [0, 0.05) is 0 Å². The highest BCUT2D eigenvalue weighted by Crippen LogP contribution is 2.23. The van der Waals surface area contributed by atoms with Gasteiger partial charge in [-0.3, -0.25) is 0 Å². The fourth-order valence-corrected chi connectivity index (χ4v) is 1.40. The fourth-order valence-electron chi connectivity index (χ4n) is 0.924. The number of hydrogen-bond acceptors (Lipinski definition) is 2. The Morgan fingerprint density at radius 3 is 3.00 bits per heavy atom. The van der Waals surface area contributed by atoms with Crippen molar-refractivity contribution in [2.45, 2.75) is 38.7 Å². The summed E-state index contributed by atoms with van der Waals surface area (Å²) in [5.41, 5.74) is -0.0487. The summed E-state index contributed by atoms with van der Waals surface area (Å²) in [5.74, 6) is 0. The van der Waals surface area contributed by atoms with Crippen LogP contribution >= 0.6 is 22.6 Å². The van der Waals surface area contributed by atoms with Crippen LogP contribution in [0.15, 0.2) is 5.16 Å². The van der Waals surface area contributed by atoms with Gasteiger partial charge in [-0.15, -0.1) is 0 Å². The predicted molar refractivity (Wildman–Crippen MR) is 50.5 cm³/mol. The van der Waals surface area contributed by atoms with Crippen molar-refractivity contribution in [3.63, 3.8) is 0 Å². The Kier molecular flexibility index (Phi) is 2.55. The first-order valence-corrected chi connectivity index (χ1v) is 4.59. The van der Waals surface area contributed by atoms with E-state index < -0.39 is 0 Å². The number of rotatable bonds is 0. The van der Waals surface area contributed by atoms with Crippen LogP contribution in [0.2, 0.25) is 0 Å². The minimum Gasteiger partial charge on any atom is -0.389 e. The molecule has 0 spiro atoms. The highest BCUT2D eigenvalue weighted by Gasteiger charge is 2.21. The van der Waals surface area contributed by atoms with Crippen molar-refractivity contribution in [1.29, 1.82) is 0 Å². The van der Waals surface area contributed by atoms with Crippen molar-refractivity contribution in [1.82, 2.24) is 0 Å². The first-order valence-electron chi connectivity index (χ1n) is 3.51. The van der Waals surface area contributed by atoms with Gasteiger partial charge in [0.15, 0.2) is 0 Å². The van der Waals surface area contributed by atoms with Gasteiger partial charge < -0.3 is 4.84 Å². The second kappa shape index (κ2) is 3.07. The van der Waals surface area contributed by atoms with Gasteiger partial charge in [0.25, 0.3) is 0 Å². The van der Waals surface area contributed by atoms with Gasteiger partial charge in [-0.2, -0.15) is 0 Å². The summed E-state index contributed by atoms with van der Waals surface area (Å²) in [4.78, 5) is 5.28. The van der Waals surface area contributed by atoms with Crippen molar-refractivity contribution in [3.05, 3.63) is 0 Å². The van der Waals surface area contributed by atoms with Crippen LogP contribution in [0, 0.1) is 0 Å². The van der Waals surface area contributed by atoms with E-state index in [0.29, 0.717) is 0 Å². The predicted octanol–water partition coefficient (Wildman–Crippen LogP) is 2.71. The van der Waals surface area contributed by atoms with Crippen molar-refractivity contribution >= 4 is 26.3 Å². The molecule has 0 fully saturated rings. The standard InChI is InChI=1S/C7H12INO/c1-7(2)5-3-4-6(8)9-10-7/h3-5H2,1-2H3. The van der Waals surface area contributed by atoms with Gasteiger partial charge in [-0.1, -0.05) is 5.16 Å². The topological polar surface area (TPSA) is 21.6 Å². The van der Waals surface area contributed by atoms with E-state index in [1.807, 2.05) is 0 Å². The van der Waals surface area contributed by atoms with Crippen LogP contribution in [0.1, 0.15) is 33.1 Å². The molecule has 2 nitrogen and oxygen atoms in total. The molecule has 0 unspecified atom stereocenters. The molecule has 0 aromatic heterocycles. The van der Waals surface area contributed by atoms with Crippen molar-refractivity contribution < 1.29 is 4.84 Å². The third-order valence-electron chi connectivity index (χ3n) is 1.55. The minimum atomic E-state index is -0.0487. The van der Waals surface area contributed by atoms with E-state index in [0.717, 1.165) is 16.6 Å². The summed E-state index contributed by atoms with van der Waals surface area (Å²) in [7, 11) is 0. The number of oxime groups is 1. The number of hydrogen-bond donors (Lipinski definition) is 0. The summed E-state index contributed by atoms with van der Waals surface area (Å²) >= 11 is 2.22. The second-order valence-electron chi connectivity index (χ2n) is 3.17. The van der Waals surface area contributed by atoms with Crippen LogP contribution in [0.25, 0.3) is 0 Å². The summed E-state index contributed by atoms with van der Waals surface area (Å²) < 4.78 is 1.09. The van der Waals surface area contributed by atoms with Gasteiger partial charge in [0.2, 0.25) is 0 Å². The van der Waals surface area contributed by atoms with E-state index in [1.165, 1.54) is 6.42 Å². The van der Waals surface area contributed by atoms with Gasteiger partial charge in [-0.25, -0.2) is 0 Å². The monoisotopic (exact) mass is 253 g/mol. The summed E-state index contributed by atoms with van der Waals surface area (Å²) in [6, 6.07) is 0. The molecule has 0 N–H and O–H groups in total. The molecule has 0 atom stereocenters. The Balaban J connectivity index is 2.57. The molecule has 3 heteroatoms. The molecule has 0 aliphatic carbocycles. The Labute approximate surface area is 75.1 Å². The lowest BCUT2D eigenvalue weighted by Crippen LogP contribution is -2.20. The molecule has 0 aromatic rings. The van der Waals surface area contributed by atoms with Crippen molar-refractivity contribution in [3.8, 4) is 0 Å². The van der Waals surface area contributed by atoms with Gasteiger partial charge in [-0.05, 0) is 55.7 Å². The Morgan fingerprint density at radius 2 is 2.30 bits per heavy atom. The van der Waals surface area contributed by atoms with Crippen LogP contribution < -0.4 is 0 Å². The summed E-state index contributed by atoms with van der Waals surface area (Å²) in [6.07, 6.45) is 3.36. The number of halogens is 1. The molecule has 0 saturated carbocycles. The average Bonchev–Trinajstić information content (AvgIpc) is 1.94. The third-order valence-corrected chi connectivity index (χ3v) is 2.29. The second-order valence-corrected chi connectivity index (χ2v) is 4.42. The smallest absolute Gasteiger partial charge is 0.132 e. The van der Waals surface area contributed by atoms with Crippen LogP contribution in [0.5, 0.6) is 0 Å². The zero-order valence-electron chi connectivity index (χ0n) is 6.35. The summed E-state index contributed by atoms with van der Waals surface area (Å²) in [5, 5.41) is 3.98. The lowest BCUT2D eigenvalue weighted by atomic mass is 10.0. The van der Waals surface area contributed by atoms with E-state index in [4.69, 9.17) is 4.84 Å². The lowest BCUT2D eigenvalue weighted by molar-refractivity contribution is -0.0165. The molecule has 1 heterocycles. The number of nitrogens with zero attached hydrogens (tertiary/aromatic N) is 1. The SMILES string of the molecule is CC1(C)CCCC(I)=NO1. The summed E-state index contributed by atoms with van der Waals surface area (Å²) in [6.45, 7) is 4.15. The molecule has 10 heavy (non-hydrogen) atoms. The highest BCUT2D eigenvalue weighted by molar-refractivity contribution is 14.1. The van der Waals surface area contributed by atoms with E-state index in [1.54, 1.807) is 0 Å². The van der Waals surface area contributed by atoms with Crippen LogP contribution in [-0.4, -0.2) is 9.32 Å². The lowest BCUT2D eigenvalue weighted by Gasteiger charge is -2.19. The van der Waals surface area contributed by atoms with Crippen molar-refractivity contribution in [2.75, 3.05) is 0 Å². The zero-order chi connectivity index (χ0) is 7.61. The Morgan fingerprint density at radius 1 is 1.60 bits per heavy atom. The molecule has 1 rings (SSSR count). The molecule has 1 aliphatic heterocycles. The van der Waals surface area contributed by atoms with E-state index in [9.17, 15) is 0 Å². The molecule has 58 valence electrons. The normalized spacial score (nSPS) is 24.5. The molecule has 0 bridgehead atoms. The first kappa shape index (κ1) is 8.30. The molecule has 0 saturated heterocycles. The van der Waals surface area contributed by atoms with E-state index in [2.05, 4.69) is 41.6 Å². The maximum Gasteiger partial charge on any atom is 0.132 e. The van der Waals surface area contributed by atoms with E-state index >= 15 is 0 Å². The highest BCUT2D eigenvalue weighted by atomic mass is 127. The van der Waals surface area contributed by atoms with Crippen LogP contribution in [-0.2, 0) is 4.84 Å². The maximum absolute atomic E-state index is 5.28. The van der Waals surface area contributed by atoms with Gasteiger partial charge in [0.1, 0.15) is 9.32 Å². The molecule has 0 aromatic carbocycles. The van der Waals surface area contributed by atoms with Crippen molar-refractivity contribution in [2.24, 2.45) is 5.16 Å². The molecule has 1 aliphatic rings. The Hall–Kier alpha value is 0.200. The molecule has 0 amide bonds. The average molecular weight is 253 g/mol. The molecular formula is C7H12INO. The molecule has 0 radical (unpaired) electrons. The largest absolute Gasteiger partial charge is 0.389 e. The minimum absolute atomic E-state index is 0.0487.